The van der Waals surface area contributed by atoms with E-state index in [2.05, 4.69) is 4.72 Å². The molecule has 2 rings (SSSR count). The second-order valence-electron chi connectivity index (χ2n) is 3.82. The third kappa shape index (κ3) is 2.91. The van der Waals surface area contributed by atoms with Gasteiger partial charge in [0.05, 0.1) is 12.8 Å². The molecule has 3 N–H and O–H groups in total. The number of hydrogen-bond donors (Lipinski definition) is 2. The molecule has 0 aliphatic rings. The van der Waals surface area contributed by atoms with Gasteiger partial charge in [-0.1, -0.05) is 6.07 Å². The van der Waals surface area contributed by atoms with Crippen LogP contribution in [0.15, 0.2) is 39.9 Å². The van der Waals surface area contributed by atoms with Crippen molar-refractivity contribution in [3.8, 4) is 5.75 Å². The number of amides is 1. The van der Waals surface area contributed by atoms with E-state index in [0.29, 0.717) is 5.75 Å². The number of nitrogens with one attached hydrogen (secondary N) is 1. The number of benzene rings is 1. The standard InChI is InChI=1S/C12H12N2O4S2/c1-18-10-5-4-8(12(13)15)7-9(10)14-20(16,17)11-3-2-6-19-11/h2-7,14H,1H3,(H2,13,15). The van der Waals surface area contributed by atoms with Gasteiger partial charge in [0.1, 0.15) is 9.96 Å². The van der Waals surface area contributed by atoms with E-state index >= 15 is 0 Å². The minimum absolute atomic E-state index is 0.164. The highest BCUT2D eigenvalue weighted by Gasteiger charge is 2.18. The van der Waals surface area contributed by atoms with Crippen molar-refractivity contribution in [1.29, 1.82) is 0 Å². The van der Waals surface area contributed by atoms with Gasteiger partial charge in [-0.15, -0.1) is 11.3 Å². The van der Waals surface area contributed by atoms with E-state index in [9.17, 15) is 13.2 Å². The predicted octanol–water partition coefficient (Wildman–Crippen LogP) is 1.66. The molecule has 0 spiro atoms. The van der Waals surface area contributed by atoms with Crippen LogP contribution in [0.1, 0.15) is 10.4 Å². The van der Waals surface area contributed by atoms with Crippen molar-refractivity contribution in [3.05, 3.63) is 41.3 Å². The van der Waals surface area contributed by atoms with E-state index in [1.807, 2.05) is 0 Å². The molecule has 0 radical (unpaired) electrons. The second kappa shape index (κ2) is 5.51. The van der Waals surface area contributed by atoms with Crippen molar-refractivity contribution >= 4 is 33.0 Å². The molecule has 0 saturated heterocycles. The van der Waals surface area contributed by atoms with Gasteiger partial charge in [0.2, 0.25) is 5.91 Å². The summed E-state index contributed by atoms with van der Waals surface area (Å²) in [4.78, 5) is 11.2. The largest absolute Gasteiger partial charge is 0.495 e. The molecule has 0 fully saturated rings. The lowest BCUT2D eigenvalue weighted by Gasteiger charge is -2.11. The van der Waals surface area contributed by atoms with Crippen LogP contribution in [0.3, 0.4) is 0 Å². The minimum atomic E-state index is -3.71. The van der Waals surface area contributed by atoms with Crippen molar-refractivity contribution in [2.75, 3.05) is 11.8 Å². The zero-order chi connectivity index (χ0) is 14.8. The lowest BCUT2D eigenvalue weighted by Crippen LogP contribution is -2.15. The molecule has 0 aliphatic carbocycles. The van der Waals surface area contributed by atoms with Gasteiger partial charge in [-0.2, -0.15) is 0 Å². The molecule has 2 aromatic rings. The summed E-state index contributed by atoms with van der Waals surface area (Å²) < 4.78 is 31.9. The first kappa shape index (κ1) is 14.4. The Labute approximate surface area is 120 Å². The van der Waals surface area contributed by atoms with Crippen LogP contribution < -0.4 is 15.2 Å². The van der Waals surface area contributed by atoms with Crippen LogP contribution in [0.5, 0.6) is 5.75 Å². The van der Waals surface area contributed by atoms with Crippen molar-refractivity contribution in [2.45, 2.75) is 4.21 Å². The summed E-state index contributed by atoms with van der Waals surface area (Å²) in [6.07, 6.45) is 0. The fourth-order valence-electron chi connectivity index (χ4n) is 1.55. The summed E-state index contributed by atoms with van der Waals surface area (Å²) >= 11 is 1.09. The van der Waals surface area contributed by atoms with Crippen molar-refractivity contribution in [3.63, 3.8) is 0 Å². The number of hydrogen-bond acceptors (Lipinski definition) is 5. The third-order valence-electron chi connectivity index (χ3n) is 2.49. The fourth-order valence-corrected chi connectivity index (χ4v) is 3.61. The van der Waals surface area contributed by atoms with E-state index in [4.69, 9.17) is 10.5 Å². The number of nitrogens with two attached hydrogens (primary N) is 1. The van der Waals surface area contributed by atoms with E-state index < -0.39 is 15.9 Å². The molecule has 1 aromatic carbocycles. The average molecular weight is 312 g/mol. The maximum Gasteiger partial charge on any atom is 0.271 e. The molecule has 1 aromatic heterocycles. The number of rotatable bonds is 5. The number of ether oxygens (including phenoxy) is 1. The highest BCUT2D eigenvalue weighted by atomic mass is 32.2. The Morgan fingerprint density at radius 3 is 2.65 bits per heavy atom. The number of thiophene rings is 1. The third-order valence-corrected chi connectivity index (χ3v) is 5.25. The number of methoxy groups -OCH3 is 1. The molecule has 0 saturated carbocycles. The number of carbonyl (C=O) groups is 1. The van der Waals surface area contributed by atoms with Crippen LogP contribution in [-0.4, -0.2) is 21.4 Å². The van der Waals surface area contributed by atoms with Crippen molar-refractivity contribution in [2.24, 2.45) is 5.73 Å². The maximum absolute atomic E-state index is 12.1. The Hall–Kier alpha value is -2.06. The summed E-state index contributed by atoms with van der Waals surface area (Å²) in [6, 6.07) is 7.40. The van der Waals surface area contributed by atoms with Gasteiger partial charge < -0.3 is 10.5 Å². The monoisotopic (exact) mass is 312 g/mol. The first-order chi connectivity index (χ1) is 9.44. The Bertz CT molecular complexity index is 724. The highest BCUT2D eigenvalue weighted by molar-refractivity contribution is 7.94. The topological polar surface area (TPSA) is 98.5 Å². The average Bonchev–Trinajstić information content (AvgIpc) is 2.92. The molecule has 0 atom stereocenters. The zero-order valence-corrected chi connectivity index (χ0v) is 12.1. The van der Waals surface area contributed by atoms with Crippen LogP contribution in [0.2, 0.25) is 0 Å². The molecule has 8 heteroatoms. The summed E-state index contributed by atoms with van der Waals surface area (Å²) in [6.45, 7) is 0. The number of sulfonamides is 1. The van der Waals surface area contributed by atoms with Gasteiger partial charge in [-0.3, -0.25) is 9.52 Å². The lowest BCUT2D eigenvalue weighted by atomic mass is 10.2. The van der Waals surface area contributed by atoms with E-state index in [0.717, 1.165) is 11.3 Å². The van der Waals surface area contributed by atoms with Gasteiger partial charge >= 0.3 is 0 Å². The molecule has 1 amide bonds. The summed E-state index contributed by atoms with van der Waals surface area (Å²) in [7, 11) is -2.30. The van der Waals surface area contributed by atoms with E-state index in [1.165, 1.54) is 31.4 Å². The Balaban J connectivity index is 2.42. The van der Waals surface area contributed by atoms with Crippen LogP contribution in [0, 0.1) is 0 Å². The molecular formula is C12H12N2O4S2. The van der Waals surface area contributed by atoms with Gasteiger partial charge in [0.15, 0.2) is 0 Å². The summed E-state index contributed by atoms with van der Waals surface area (Å²) in [5, 5.41) is 1.66. The van der Waals surface area contributed by atoms with Crippen LogP contribution >= 0.6 is 11.3 Å². The van der Waals surface area contributed by atoms with Crippen molar-refractivity contribution < 1.29 is 17.9 Å². The quantitative estimate of drug-likeness (QED) is 0.877. The summed E-state index contributed by atoms with van der Waals surface area (Å²) in [5.74, 6) is -0.348. The highest BCUT2D eigenvalue weighted by Crippen LogP contribution is 2.28. The maximum atomic E-state index is 12.1. The van der Waals surface area contributed by atoms with Crippen LogP contribution in [0.4, 0.5) is 5.69 Å². The molecule has 0 unspecified atom stereocenters. The van der Waals surface area contributed by atoms with E-state index in [1.54, 1.807) is 11.4 Å². The van der Waals surface area contributed by atoms with Gasteiger partial charge in [0, 0.05) is 5.56 Å². The van der Waals surface area contributed by atoms with Gasteiger partial charge in [0.25, 0.3) is 10.0 Å². The second-order valence-corrected chi connectivity index (χ2v) is 6.67. The molecule has 1 heterocycles. The summed E-state index contributed by atoms with van der Waals surface area (Å²) in [5.41, 5.74) is 5.53. The number of carbonyl (C=O) groups excluding carboxylic acids is 1. The molecule has 0 bridgehead atoms. The molecule has 6 nitrogen and oxygen atoms in total. The first-order valence-electron chi connectivity index (χ1n) is 5.48. The number of primary amides is 1. The van der Waals surface area contributed by atoms with Crippen LogP contribution in [0.25, 0.3) is 0 Å². The van der Waals surface area contributed by atoms with Gasteiger partial charge in [-0.05, 0) is 29.6 Å². The predicted molar refractivity (Wildman–Crippen MR) is 76.6 cm³/mol. The Morgan fingerprint density at radius 2 is 2.10 bits per heavy atom. The van der Waals surface area contributed by atoms with Crippen molar-refractivity contribution in [1.82, 2.24) is 0 Å². The Morgan fingerprint density at radius 1 is 1.35 bits per heavy atom. The Kier molecular flexibility index (Phi) is 3.96. The minimum Gasteiger partial charge on any atom is -0.495 e. The molecular weight excluding hydrogens is 300 g/mol. The normalized spacial score (nSPS) is 11.1. The lowest BCUT2D eigenvalue weighted by molar-refractivity contribution is 0.100. The van der Waals surface area contributed by atoms with E-state index in [-0.39, 0.29) is 15.5 Å². The molecule has 106 valence electrons. The molecule has 20 heavy (non-hydrogen) atoms. The zero-order valence-electron chi connectivity index (χ0n) is 10.5. The molecule has 0 aliphatic heterocycles. The first-order valence-corrected chi connectivity index (χ1v) is 7.84. The van der Waals surface area contributed by atoms with Gasteiger partial charge in [-0.25, -0.2) is 8.42 Å². The SMILES string of the molecule is COc1ccc(C(N)=O)cc1NS(=O)(=O)c1cccs1. The van der Waals surface area contributed by atoms with Crippen LogP contribution in [-0.2, 0) is 10.0 Å². The smallest absolute Gasteiger partial charge is 0.271 e. The number of anilines is 1. The fraction of sp³-hybridized carbons (Fsp3) is 0.0833.